The SMILES string of the molecule is c1ccc2c3ccccc3nc-2c(-n2cccn2)c1. The number of hydrogen-bond acceptors (Lipinski definition) is 2. The summed E-state index contributed by atoms with van der Waals surface area (Å²) in [7, 11) is 0. The van der Waals surface area contributed by atoms with Gasteiger partial charge in [0.1, 0.15) is 0 Å². The molecule has 1 aromatic carbocycles. The Bertz CT molecular complexity index is 819. The minimum atomic E-state index is 0.981. The number of rotatable bonds is 1. The van der Waals surface area contributed by atoms with Crippen LogP contribution in [0.25, 0.3) is 27.8 Å². The van der Waals surface area contributed by atoms with Crippen LogP contribution in [0, 0.1) is 0 Å². The Kier molecular flexibility index (Phi) is 2.12. The molecule has 0 saturated carbocycles. The highest BCUT2D eigenvalue weighted by Crippen LogP contribution is 2.33. The third-order valence-electron chi connectivity index (χ3n) is 3.30. The Morgan fingerprint density at radius 2 is 1.68 bits per heavy atom. The molecule has 1 aliphatic heterocycles. The topological polar surface area (TPSA) is 30.7 Å². The fraction of sp³-hybridized carbons (Fsp3) is 0. The van der Waals surface area contributed by atoms with Gasteiger partial charge in [-0.25, -0.2) is 9.67 Å². The van der Waals surface area contributed by atoms with Crippen LogP contribution in [0.15, 0.2) is 67.0 Å². The standard InChI is InChI=1S/C16H11N3/c1-3-8-14-12(6-1)13-7-2-4-9-15(16(13)18-14)19-11-5-10-17-19/h1-11H. The molecule has 2 aliphatic rings. The molecule has 1 aliphatic carbocycles. The number of benzene rings is 1. The molecule has 0 radical (unpaired) electrons. The summed E-state index contributed by atoms with van der Waals surface area (Å²) >= 11 is 0. The minimum absolute atomic E-state index is 0.981. The number of nitrogens with zero attached hydrogens (tertiary/aromatic N) is 3. The van der Waals surface area contributed by atoms with E-state index in [0.29, 0.717) is 0 Å². The van der Waals surface area contributed by atoms with Gasteiger partial charge in [-0.15, -0.1) is 0 Å². The van der Waals surface area contributed by atoms with Gasteiger partial charge in [0.25, 0.3) is 0 Å². The molecular weight excluding hydrogens is 234 g/mol. The van der Waals surface area contributed by atoms with Crippen molar-refractivity contribution in [2.45, 2.75) is 0 Å². The Morgan fingerprint density at radius 3 is 2.58 bits per heavy atom. The third-order valence-corrected chi connectivity index (χ3v) is 3.30. The maximum Gasteiger partial charge on any atom is 0.0973 e. The minimum Gasteiger partial charge on any atom is -0.245 e. The van der Waals surface area contributed by atoms with Crippen molar-refractivity contribution in [2.75, 3.05) is 0 Å². The Labute approximate surface area is 110 Å². The van der Waals surface area contributed by atoms with Crippen LogP contribution in [0.4, 0.5) is 0 Å². The van der Waals surface area contributed by atoms with Crippen LogP contribution in [0.5, 0.6) is 0 Å². The van der Waals surface area contributed by atoms with E-state index >= 15 is 0 Å². The van der Waals surface area contributed by atoms with Gasteiger partial charge in [0, 0.05) is 23.3 Å². The second-order valence-electron chi connectivity index (χ2n) is 4.45. The molecule has 0 fully saturated rings. The fourth-order valence-corrected chi connectivity index (χ4v) is 2.44. The van der Waals surface area contributed by atoms with Crippen molar-refractivity contribution < 1.29 is 0 Å². The van der Waals surface area contributed by atoms with E-state index in [1.807, 2.05) is 53.3 Å². The molecule has 1 aromatic heterocycles. The molecule has 0 spiro atoms. The second kappa shape index (κ2) is 3.92. The molecule has 4 rings (SSSR count). The van der Waals surface area contributed by atoms with Crippen molar-refractivity contribution in [2.24, 2.45) is 0 Å². The lowest BCUT2D eigenvalue weighted by Gasteiger charge is -2.02. The summed E-state index contributed by atoms with van der Waals surface area (Å²) in [6, 6.07) is 18.4. The van der Waals surface area contributed by atoms with Crippen LogP contribution < -0.4 is 0 Å². The molecule has 90 valence electrons. The van der Waals surface area contributed by atoms with Gasteiger partial charge in [0.15, 0.2) is 0 Å². The first-order valence-corrected chi connectivity index (χ1v) is 6.21. The van der Waals surface area contributed by atoms with Crippen LogP contribution in [-0.2, 0) is 0 Å². The smallest absolute Gasteiger partial charge is 0.0973 e. The number of aromatic nitrogens is 3. The average molecular weight is 245 g/mol. The summed E-state index contributed by atoms with van der Waals surface area (Å²) in [6.07, 6.45) is 3.72. The van der Waals surface area contributed by atoms with E-state index in [2.05, 4.69) is 17.2 Å². The first kappa shape index (κ1) is 10.3. The number of hydrogen-bond donors (Lipinski definition) is 0. The van der Waals surface area contributed by atoms with Gasteiger partial charge < -0.3 is 0 Å². The maximum absolute atomic E-state index is 4.75. The largest absolute Gasteiger partial charge is 0.245 e. The first-order chi connectivity index (χ1) is 9.43. The van der Waals surface area contributed by atoms with Gasteiger partial charge >= 0.3 is 0 Å². The fourth-order valence-electron chi connectivity index (χ4n) is 2.44. The lowest BCUT2D eigenvalue weighted by molar-refractivity contribution is 0.880. The van der Waals surface area contributed by atoms with Crippen molar-refractivity contribution >= 4 is 10.9 Å². The van der Waals surface area contributed by atoms with Crippen molar-refractivity contribution in [1.29, 1.82) is 0 Å². The van der Waals surface area contributed by atoms with Crippen molar-refractivity contribution in [3.63, 3.8) is 0 Å². The number of fused-ring (bicyclic) bond motifs is 3. The molecule has 2 aromatic rings. The van der Waals surface area contributed by atoms with Crippen LogP contribution in [0.3, 0.4) is 0 Å². The highest BCUT2D eigenvalue weighted by atomic mass is 15.3. The van der Waals surface area contributed by atoms with Crippen LogP contribution in [0.1, 0.15) is 0 Å². The van der Waals surface area contributed by atoms with Crippen molar-refractivity contribution in [3.05, 3.63) is 67.0 Å². The van der Waals surface area contributed by atoms with Crippen molar-refractivity contribution in [1.82, 2.24) is 14.8 Å². The Balaban J connectivity index is 2.12. The third kappa shape index (κ3) is 1.52. The van der Waals surface area contributed by atoms with E-state index in [1.54, 1.807) is 6.20 Å². The van der Waals surface area contributed by atoms with E-state index in [-0.39, 0.29) is 0 Å². The monoisotopic (exact) mass is 245 g/mol. The zero-order chi connectivity index (χ0) is 12.7. The molecule has 0 bridgehead atoms. The molecular formula is C16H11N3. The summed E-state index contributed by atoms with van der Waals surface area (Å²) < 4.78 is 1.86. The summed E-state index contributed by atoms with van der Waals surface area (Å²) in [4.78, 5) is 4.75. The molecule has 0 saturated heterocycles. The van der Waals surface area contributed by atoms with Crippen LogP contribution in [0.2, 0.25) is 0 Å². The lowest BCUT2D eigenvalue weighted by atomic mass is 10.1. The molecule has 0 atom stereocenters. The summed E-state index contributed by atoms with van der Waals surface area (Å²) in [5.41, 5.74) is 4.17. The Morgan fingerprint density at radius 1 is 0.842 bits per heavy atom. The van der Waals surface area contributed by atoms with Gasteiger partial charge in [0.05, 0.1) is 16.9 Å². The van der Waals surface area contributed by atoms with E-state index < -0.39 is 0 Å². The predicted molar refractivity (Wildman–Crippen MR) is 75.5 cm³/mol. The molecule has 0 unspecified atom stereocenters. The van der Waals surface area contributed by atoms with Gasteiger partial charge in [0.2, 0.25) is 0 Å². The van der Waals surface area contributed by atoms with E-state index in [0.717, 1.165) is 22.5 Å². The molecule has 19 heavy (non-hydrogen) atoms. The van der Waals surface area contributed by atoms with Gasteiger partial charge in [-0.3, -0.25) is 0 Å². The maximum atomic E-state index is 4.75. The van der Waals surface area contributed by atoms with Gasteiger partial charge in [-0.2, -0.15) is 5.10 Å². The van der Waals surface area contributed by atoms with Gasteiger partial charge in [-0.05, 0) is 18.2 Å². The quantitative estimate of drug-likeness (QED) is 0.513. The van der Waals surface area contributed by atoms with Crippen LogP contribution in [-0.4, -0.2) is 14.8 Å². The van der Waals surface area contributed by atoms with Crippen LogP contribution >= 0.6 is 0 Å². The summed E-state index contributed by atoms with van der Waals surface area (Å²) in [5, 5.41) is 5.49. The highest BCUT2D eigenvalue weighted by Gasteiger charge is 2.14. The number of para-hydroxylation sites is 1. The highest BCUT2D eigenvalue weighted by molar-refractivity contribution is 5.99. The summed E-state index contributed by atoms with van der Waals surface area (Å²) in [6.45, 7) is 0. The second-order valence-corrected chi connectivity index (χ2v) is 4.45. The lowest BCUT2D eigenvalue weighted by Crippen LogP contribution is -1.95. The van der Waals surface area contributed by atoms with Gasteiger partial charge in [-0.1, -0.05) is 36.4 Å². The predicted octanol–water partition coefficient (Wildman–Crippen LogP) is 3.53. The van der Waals surface area contributed by atoms with E-state index in [1.165, 1.54) is 5.39 Å². The average Bonchev–Trinajstić information content (AvgIpc) is 3.03. The first-order valence-electron chi connectivity index (χ1n) is 6.21. The molecule has 0 N–H and O–H groups in total. The van der Waals surface area contributed by atoms with Crippen molar-refractivity contribution in [3.8, 4) is 16.9 Å². The molecule has 2 heterocycles. The zero-order valence-electron chi connectivity index (χ0n) is 10.2. The van der Waals surface area contributed by atoms with E-state index in [4.69, 9.17) is 4.98 Å². The molecule has 3 heteroatoms. The molecule has 0 amide bonds. The van der Waals surface area contributed by atoms with E-state index in [9.17, 15) is 0 Å². The molecule has 3 nitrogen and oxygen atoms in total. The zero-order valence-corrected chi connectivity index (χ0v) is 10.2. The Hall–Kier alpha value is -2.68. The normalized spacial score (nSPS) is 11.2. The summed E-state index contributed by atoms with van der Waals surface area (Å²) in [5.74, 6) is 0.